The van der Waals surface area contributed by atoms with Crippen molar-refractivity contribution in [1.82, 2.24) is 9.97 Å². The van der Waals surface area contributed by atoms with Gasteiger partial charge in [-0.15, -0.1) is 0 Å². The van der Waals surface area contributed by atoms with Crippen LogP contribution in [0.3, 0.4) is 0 Å². The summed E-state index contributed by atoms with van der Waals surface area (Å²) < 4.78 is 5.26. The topological polar surface area (TPSA) is 50.3 Å². The second kappa shape index (κ2) is 7.38. The summed E-state index contributed by atoms with van der Waals surface area (Å²) in [7, 11) is 1.65. The summed E-state index contributed by atoms with van der Waals surface area (Å²) in [6.45, 7) is 2.15. The molecule has 6 heteroatoms. The number of halogens is 1. The Morgan fingerprint density at radius 1 is 1.04 bits per heavy atom. The summed E-state index contributed by atoms with van der Waals surface area (Å²) in [4.78, 5) is 11.1. The van der Waals surface area contributed by atoms with Crippen LogP contribution in [0.1, 0.15) is 19.3 Å². The van der Waals surface area contributed by atoms with E-state index in [1.807, 2.05) is 30.3 Å². The van der Waals surface area contributed by atoms with Crippen LogP contribution in [0.4, 0.5) is 17.2 Å². The second-order valence-corrected chi connectivity index (χ2v) is 6.85. The van der Waals surface area contributed by atoms with Crippen LogP contribution in [0.25, 0.3) is 10.9 Å². The number of hydrogen-bond acceptors (Lipinski definition) is 5. The third-order valence-electron chi connectivity index (χ3n) is 4.75. The van der Waals surface area contributed by atoms with Gasteiger partial charge in [0, 0.05) is 30.2 Å². The van der Waals surface area contributed by atoms with Gasteiger partial charge in [-0.3, -0.25) is 0 Å². The molecule has 0 bridgehead atoms. The number of fused-ring (bicyclic) bond motifs is 1. The normalized spacial score (nSPS) is 14.5. The number of benzene rings is 2. The third-order valence-corrected chi connectivity index (χ3v) is 5.05. The number of rotatable bonds is 4. The lowest BCUT2D eigenvalue weighted by atomic mass is 10.1. The van der Waals surface area contributed by atoms with Crippen LogP contribution < -0.4 is 15.0 Å². The minimum Gasteiger partial charge on any atom is -0.497 e. The first-order chi connectivity index (χ1) is 12.7. The van der Waals surface area contributed by atoms with E-state index in [4.69, 9.17) is 16.3 Å². The van der Waals surface area contributed by atoms with Crippen molar-refractivity contribution in [2.75, 3.05) is 30.4 Å². The zero-order valence-electron chi connectivity index (χ0n) is 14.7. The Labute approximate surface area is 158 Å². The van der Waals surface area contributed by atoms with Gasteiger partial charge in [0.25, 0.3) is 0 Å². The van der Waals surface area contributed by atoms with E-state index in [0.717, 1.165) is 52.0 Å². The fraction of sp³-hybridized carbons (Fsp3) is 0.300. The molecule has 2 aromatic carbocycles. The molecule has 4 rings (SSSR count). The molecule has 0 aliphatic carbocycles. The van der Waals surface area contributed by atoms with Gasteiger partial charge in [0.05, 0.1) is 23.3 Å². The van der Waals surface area contributed by atoms with E-state index in [2.05, 4.69) is 26.3 Å². The van der Waals surface area contributed by atoms with E-state index < -0.39 is 0 Å². The lowest BCUT2D eigenvalue weighted by Crippen LogP contribution is -2.29. The molecule has 134 valence electrons. The van der Waals surface area contributed by atoms with E-state index in [1.54, 1.807) is 13.4 Å². The van der Waals surface area contributed by atoms with Crippen LogP contribution in [0, 0.1) is 0 Å². The highest BCUT2D eigenvalue weighted by atomic mass is 35.5. The predicted octanol–water partition coefficient (Wildman–Crippen LogP) is 5.03. The molecule has 1 N–H and O–H groups in total. The average Bonchev–Trinajstić information content (AvgIpc) is 2.68. The molecule has 0 atom stereocenters. The van der Waals surface area contributed by atoms with Gasteiger partial charge in [0.15, 0.2) is 0 Å². The molecule has 1 saturated heterocycles. The maximum absolute atomic E-state index is 6.56. The number of piperidine rings is 1. The highest BCUT2D eigenvalue weighted by Crippen LogP contribution is 2.33. The van der Waals surface area contributed by atoms with Gasteiger partial charge >= 0.3 is 0 Å². The Morgan fingerprint density at radius 3 is 2.65 bits per heavy atom. The van der Waals surface area contributed by atoms with Crippen LogP contribution in [-0.2, 0) is 0 Å². The number of hydrogen-bond donors (Lipinski definition) is 1. The molecule has 0 spiro atoms. The van der Waals surface area contributed by atoms with Gasteiger partial charge in [-0.25, -0.2) is 9.97 Å². The first kappa shape index (κ1) is 16.9. The van der Waals surface area contributed by atoms with Crippen LogP contribution >= 0.6 is 11.6 Å². The Hall–Kier alpha value is -2.53. The molecule has 3 aromatic rings. The van der Waals surface area contributed by atoms with E-state index in [1.165, 1.54) is 19.3 Å². The van der Waals surface area contributed by atoms with Crippen molar-refractivity contribution in [2.24, 2.45) is 0 Å². The Morgan fingerprint density at radius 2 is 1.88 bits per heavy atom. The van der Waals surface area contributed by atoms with Crippen LogP contribution in [-0.4, -0.2) is 30.2 Å². The van der Waals surface area contributed by atoms with Gasteiger partial charge in [-0.2, -0.15) is 0 Å². The lowest BCUT2D eigenvalue weighted by Gasteiger charge is -2.29. The van der Waals surface area contributed by atoms with Gasteiger partial charge in [-0.1, -0.05) is 11.6 Å². The second-order valence-electron chi connectivity index (χ2n) is 6.44. The van der Waals surface area contributed by atoms with Crippen molar-refractivity contribution in [3.8, 4) is 5.75 Å². The Kier molecular flexibility index (Phi) is 4.80. The largest absolute Gasteiger partial charge is 0.497 e. The standard InChI is InChI=1S/C20H21ClN4O/c1-26-15-6-7-16-18(12-15)22-13-23-20(16)24-14-5-8-19(17(21)11-14)25-9-3-2-4-10-25/h5-8,11-13H,2-4,9-10H2,1H3,(H,22,23,24). The van der Waals surface area contributed by atoms with Gasteiger partial charge in [0.1, 0.15) is 17.9 Å². The fourth-order valence-electron chi connectivity index (χ4n) is 3.38. The maximum Gasteiger partial charge on any atom is 0.141 e. The number of nitrogens with zero attached hydrogens (tertiary/aromatic N) is 3. The van der Waals surface area contributed by atoms with Crippen molar-refractivity contribution in [2.45, 2.75) is 19.3 Å². The molecule has 0 radical (unpaired) electrons. The van der Waals surface area contributed by atoms with E-state index >= 15 is 0 Å². The molecule has 2 heterocycles. The fourth-order valence-corrected chi connectivity index (χ4v) is 3.68. The molecule has 1 fully saturated rings. The first-order valence-electron chi connectivity index (χ1n) is 8.85. The monoisotopic (exact) mass is 368 g/mol. The van der Waals surface area contributed by atoms with Crippen LogP contribution in [0.5, 0.6) is 5.75 Å². The van der Waals surface area contributed by atoms with E-state index in [-0.39, 0.29) is 0 Å². The third kappa shape index (κ3) is 3.40. The molecule has 0 amide bonds. The summed E-state index contributed by atoms with van der Waals surface area (Å²) in [6, 6.07) is 11.9. The van der Waals surface area contributed by atoms with E-state index in [9.17, 15) is 0 Å². The average molecular weight is 369 g/mol. The molecule has 1 aliphatic heterocycles. The molecule has 0 saturated carbocycles. The molecular formula is C20H21ClN4O. The summed E-state index contributed by atoms with van der Waals surface area (Å²) >= 11 is 6.56. The quantitative estimate of drug-likeness (QED) is 0.700. The summed E-state index contributed by atoms with van der Waals surface area (Å²) in [5.74, 6) is 1.52. The van der Waals surface area contributed by atoms with Crippen molar-refractivity contribution in [1.29, 1.82) is 0 Å². The first-order valence-corrected chi connectivity index (χ1v) is 9.23. The molecular weight excluding hydrogens is 348 g/mol. The number of methoxy groups -OCH3 is 1. The van der Waals surface area contributed by atoms with Crippen molar-refractivity contribution >= 4 is 39.7 Å². The van der Waals surface area contributed by atoms with E-state index in [0.29, 0.717) is 0 Å². The molecule has 5 nitrogen and oxygen atoms in total. The zero-order valence-corrected chi connectivity index (χ0v) is 15.5. The highest BCUT2D eigenvalue weighted by molar-refractivity contribution is 6.33. The van der Waals surface area contributed by atoms with Gasteiger partial charge in [-0.05, 0) is 49.6 Å². The smallest absolute Gasteiger partial charge is 0.141 e. The highest BCUT2D eigenvalue weighted by Gasteiger charge is 2.14. The Balaban J connectivity index is 1.61. The summed E-state index contributed by atoms with van der Waals surface area (Å²) in [5.41, 5.74) is 2.85. The van der Waals surface area contributed by atoms with Gasteiger partial charge in [0.2, 0.25) is 0 Å². The molecule has 0 unspecified atom stereocenters. The maximum atomic E-state index is 6.56. The summed E-state index contributed by atoms with van der Waals surface area (Å²) in [5, 5.41) is 5.06. The minimum absolute atomic E-state index is 0.749. The molecule has 26 heavy (non-hydrogen) atoms. The Bertz CT molecular complexity index is 925. The zero-order chi connectivity index (χ0) is 17.9. The van der Waals surface area contributed by atoms with Gasteiger partial charge < -0.3 is 15.0 Å². The number of aromatic nitrogens is 2. The minimum atomic E-state index is 0.749. The molecule has 1 aliphatic rings. The predicted molar refractivity (Wildman–Crippen MR) is 107 cm³/mol. The number of anilines is 3. The van der Waals surface area contributed by atoms with Crippen LogP contribution in [0.15, 0.2) is 42.7 Å². The SMILES string of the molecule is COc1ccc2c(Nc3ccc(N4CCCCC4)c(Cl)c3)ncnc2c1. The lowest BCUT2D eigenvalue weighted by molar-refractivity contribution is 0.415. The van der Waals surface area contributed by atoms with Crippen molar-refractivity contribution in [3.05, 3.63) is 47.7 Å². The van der Waals surface area contributed by atoms with Crippen LogP contribution in [0.2, 0.25) is 5.02 Å². The van der Waals surface area contributed by atoms with Crippen molar-refractivity contribution < 1.29 is 4.74 Å². The molecule has 1 aromatic heterocycles. The summed E-state index contributed by atoms with van der Waals surface area (Å²) in [6.07, 6.45) is 5.31. The van der Waals surface area contributed by atoms with Crippen molar-refractivity contribution in [3.63, 3.8) is 0 Å². The number of nitrogens with one attached hydrogen (secondary N) is 1. The number of ether oxygens (including phenoxy) is 1.